The van der Waals surface area contributed by atoms with Crippen LogP contribution in [0.4, 0.5) is 0 Å². The summed E-state index contributed by atoms with van der Waals surface area (Å²) in [7, 11) is 0. The smallest absolute Gasteiger partial charge is 0.336 e. The number of hydrogen-bond acceptors (Lipinski definition) is 3. The van der Waals surface area contributed by atoms with Gasteiger partial charge in [0.05, 0.1) is 5.56 Å². The molecule has 17 heavy (non-hydrogen) atoms. The zero-order chi connectivity index (χ0) is 12.4. The Bertz CT molecular complexity index is 471. The summed E-state index contributed by atoms with van der Waals surface area (Å²) in [5, 5.41) is 9.09. The number of amides is 1. The van der Waals surface area contributed by atoms with Crippen LogP contribution in [0.1, 0.15) is 35.0 Å². The molecule has 0 atom stereocenters. The van der Waals surface area contributed by atoms with Crippen LogP contribution in [-0.4, -0.2) is 33.4 Å². The third-order valence-electron chi connectivity index (χ3n) is 3.00. The van der Waals surface area contributed by atoms with Crippen molar-refractivity contribution in [2.75, 3.05) is 6.54 Å². The largest absolute Gasteiger partial charge is 0.478 e. The fraction of sp³-hybridized carbons (Fsp3) is 0.417. The molecule has 5 nitrogen and oxygen atoms in total. The van der Waals surface area contributed by atoms with Crippen LogP contribution in [0, 0.1) is 0 Å². The second-order valence-electron chi connectivity index (χ2n) is 4.01. The lowest BCUT2D eigenvalue weighted by molar-refractivity contribution is -0.131. The van der Waals surface area contributed by atoms with Crippen LogP contribution in [0.2, 0.25) is 0 Å². The first kappa shape index (κ1) is 11.6. The number of carboxylic acid groups (broad SMARTS) is 1. The first-order chi connectivity index (χ1) is 8.13. The lowest BCUT2D eigenvalue weighted by atomic mass is 10.00. The number of fused-ring (bicyclic) bond motifs is 1. The van der Waals surface area contributed by atoms with Gasteiger partial charge in [0.25, 0.3) is 0 Å². The summed E-state index contributed by atoms with van der Waals surface area (Å²) < 4.78 is 0. The number of carbonyl (C=O) groups excluding carboxylic acids is 1. The third-order valence-corrected chi connectivity index (χ3v) is 3.00. The average molecular weight is 234 g/mol. The monoisotopic (exact) mass is 234 g/mol. The van der Waals surface area contributed by atoms with Gasteiger partial charge < -0.3 is 10.0 Å². The molecule has 1 N–H and O–H groups in total. The Kier molecular flexibility index (Phi) is 3.08. The van der Waals surface area contributed by atoms with Crippen molar-refractivity contribution < 1.29 is 14.7 Å². The van der Waals surface area contributed by atoms with E-state index in [1.54, 1.807) is 11.8 Å². The highest BCUT2D eigenvalue weighted by Crippen LogP contribution is 2.21. The summed E-state index contributed by atoms with van der Waals surface area (Å²) in [6.07, 6.45) is 2.58. The zero-order valence-electron chi connectivity index (χ0n) is 9.64. The molecule has 2 heterocycles. The maximum atomic E-state index is 11.6. The number of aromatic carboxylic acids is 1. The topological polar surface area (TPSA) is 70.5 Å². The van der Waals surface area contributed by atoms with E-state index in [4.69, 9.17) is 5.11 Å². The zero-order valence-corrected chi connectivity index (χ0v) is 9.64. The molecule has 0 aromatic carbocycles. The average Bonchev–Trinajstić information content (AvgIpc) is 2.36. The Morgan fingerprint density at radius 3 is 2.94 bits per heavy atom. The van der Waals surface area contributed by atoms with Gasteiger partial charge in [-0.2, -0.15) is 0 Å². The van der Waals surface area contributed by atoms with E-state index >= 15 is 0 Å². The van der Waals surface area contributed by atoms with Crippen LogP contribution in [0.25, 0.3) is 0 Å². The number of carbonyl (C=O) groups is 2. The van der Waals surface area contributed by atoms with Crippen molar-refractivity contribution in [3.63, 3.8) is 0 Å². The maximum absolute atomic E-state index is 11.6. The molecule has 0 saturated carbocycles. The summed E-state index contributed by atoms with van der Waals surface area (Å²) in [6, 6.07) is 1.49. The highest BCUT2D eigenvalue weighted by molar-refractivity contribution is 5.90. The number of pyridine rings is 1. The maximum Gasteiger partial charge on any atom is 0.336 e. The molecule has 90 valence electrons. The molecule has 1 aliphatic heterocycles. The van der Waals surface area contributed by atoms with Gasteiger partial charge in [-0.05, 0) is 6.07 Å². The third kappa shape index (κ3) is 2.13. The molecule has 0 bridgehead atoms. The van der Waals surface area contributed by atoms with E-state index in [0.29, 0.717) is 31.5 Å². The van der Waals surface area contributed by atoms with Gasteiger partial charge in [-0.3, -0.25) is 9.78 Å². The van der Waals surface area contributed by atoms with Crippen LogP contribution in [0.15, 0.2) is 12.3 Å². The van der Waals surface area contributed by atoms with Crippen molar-refractivity contribution in [1.29, 1.82) is 0 Å². The van der Waals surface area contributed by atoms with E-state index in [1.165, 1.54) is 12.3 Å². The molecular weight excluding hydrogens is 220 g/mol. The van der Waals surface area contributed by atoms with Gasteiger partial charge in [-0.25, -0.2) is 4.79 Å². The molecule has 5 heteroatoms. The molecule has 2 rings (SSSR count). The molecular formula is C12H14N2O3. The fourth-order valence-corrected chi connectivity index (χ4v) is 2.08. The summed E-state index contributed by atoms with van der Waals surface area (Å²) >= 11 is 0. The Balaban J connectivity index is 2.35. The number of nitrogens with zero attached hydrogens (tertiary/aromatic N) is 2. The van der Waals surface area contributed by atoms with E-state index < -0.39 is 5.97 Å². The number of aromatic nitrogens is 1. The van der Waals surface area contributed by atoms with Gasteiger partial charge in [0.15, 0.2) is 0 Å². The number of carboxylic acids is 1. The molecule has 0 saturated heterocycles. The predicted octanol–water partition coefficient (Wildman–Crippen LogP) is 1.07. The van der Waals surface area contributed by atoms with Gasteiger partial charge in [-0.1, -0.05) is 6.92 Å². The van der Waals surface area contributed by atoms with Crippen molar-refractivity contribution in [2.45, 2.75) is 26.3 Å². The van der Waals surface area contributed by atoms with E-state index in [-0.39, 0.29) is 11.5 Å². The first-order valence-electron chi connectivity index (χ1n) is 5.61. The van der Waals surface area contributed by atoms with Crippen LogP contribution < -0.4 is 0 Å². The predicted molar refractivity (Wildman–Crippen MR) is 60.6 cm³/mol. The second-order valence-corrected chi connectivity index (χ2v) is 4.01. The Morgan fingerprint density at radius 1 is 1.53 bits per heavy atom. The quantitative estimate of drug-likeness (QED) is 0.831. The van der Waals surface area contributed by atoms with Gasteiger partial charge in [0.1, 0.15) is 0 Å². The van der Waals surface area contributed by atoms with Crippen LogP contribution in [-0.2, 0) is 17.8 Å². The van der Waals surface area contributed by atoms with Gasteiger partial charge in [-0.15, -0.1) is 0 Å². The minimum absolute atomic E-state index is 0.0517. The number of rotatable bonds is 2. The minimum atomic E-state index is -0.963. The Hall–Kier alpha value is -1.91. The van der Waals surface area contributed by atoms with Crippen molar-refractivity contribution in [3.05, 3.63) is 29.1 Å². The summed E-state index contributed by atoms with van der Waals surface area (Å²) in [6.45, 7) is 2.78. The van der Waals surface area contributed by atoms with Gasteiger partial charge >= 0.3 is 5.97 Å². The Labute approximate surface area is 99.1 Å². The normalized spacial score (nSPS) is 14.3. The molecule has 0 aliphatic carbocycles. The molecule has 1 aromatic heterocycles. The molecule has 1 aromatic rings. The van der Waals surface area contributed by atoms with Gasteiger partial charge in [0.2, 0.25) is 5.91 Å². The lowest BCUT2D eigenvalue weighted by Crippen LogP contribution is -2.36. The van der Waals surface area contributed by atoms with E-state index in [2.05, 4.69) is 4.98 Å². The molecule has 0 radical (unpaired) electrons. The van der Waals surface area contributed by atoms with Crippen molar-refractivity contribution in [2.24, 2.45) is 0 Å². The summed E-state index contributed by atoms with van der Waals surface area (Å²) in [5.74, 6) is -0.912. The molecule has 0 spiro atoms. The molecule has 0 unspecified atom stereocenters. The van der Waals surface area contributed by atoms with Crippen LogP contribution in [0.5, 0.6) is 0 Å². The van der Waals surface area contributed by atoms with Crippen molar-refractivity contribution in [3.8, 4) is 0 Å². The second kappa shape index (κ2) is 4.53. The van der Waals surface area contributed by atoms with E-state index in [0.717, 1.165) is 5.69 Å². The van der Waals surface area contributed by atoms with E-state index in [9.17, 15) is 9.59 Å². The standard InChI is InChI=1S/C12H14N2O3/c1-2-11(15)14-6-4-10-9(7-14)8(12(16)17)3-5-13-10/h3,5H,2,4,6-7H2,1H3,(H,16,17). The molecule has 0 fully saturated rings. The van der Waals surface area contributed by atoms with Crippen molar-refractivity contribution in [1.82, 2.24) is 9.88 Å². The minimum Gasteiger partial charge on any atom is -0.478 e. The lowest BCUT2D eigenvalue weighted by Gasteiger charge is -2.28. The SMILES string of the molecule is CCC(=O)N1CCc2nccc(C(=O)O)c2C1. The number of hydrogen-bond donors (Lipinski definition) is 1. The highest BCUT2D eigenvalue weighted by atomic mass is 16.4. The fourth-order valence-electron chi connectivity index (χ4n) is 2.08. The van der Waals surface area contributed by atoms with E-state index in [1.807, 2.05) is 0 Å². The molecule has 1 amide bonds. The summed E-state index contributed by atoms with van der Waals surface area (Å²) in [4.78, 5) is 28.6. The van der Waals surface area contributed by atoms with Crippen LogP contribution >= 0.6 is 0 Å². The highest BCUT2D eigenvalue weighted by Gasteiger charge is 2.24. The first-order valence-corrected chi connectivity index (χ1v) is 5.61. The van der Waals surface area contributed by atoms with Crippen LogP contribution in [0.3, 0.4) is 0 Å². The summed E-state index contributed by atoms with van der Waals surface area (Å²) in [5.41, 5.74) is 1.72. The van der Waals surface area contributed by atoms with Crippen molar-refractivity contribution >= 4 is 11.9 Å². The van der Waals surface area contributed by atoms with Gasteiger partial charge in [0, 0.05) is 43.4 Å². The Morgan fingerprint density at radius 2 is 2.29 bits per heavy atom. The molecule has 1 aliphatic rings.